The van der Waals surface area contributed by atoms with Crippen LogP contribution in [0.15, 0.2) is 0 Å². The first-order chi connectivity index (χ1) is 6.52. The largest absolute Gasteiger partial charge is 0.460 e. The summed E-state index contributed by atoms with van der Waals surface area (Å²) in [4.78, 5) is 10.9. The summed E-state index contributed by atoms with van der Waals surface area (Å²) in [5.41, 5.74) is 0. The zero-order valence-corrected chi connectivity index (χ0v) is 10.0. The van der Waals surface area contributed by atoms with Crippen LogP contribution >= 0.6 is 0 Å². The lowest BCUT2D eigenvalue weighted by molar-refractivity contribution is -0.890. The van der Waals surface area contributed by atoms with Crippen molar-refractivity contribution in [1.82, 2.24) is 0 Å². The first-order valence-corrected chi connectivity index (χ1v) is 5.49. The molecule has 3 nitrogen and oxygen atoms in total. The SMILES string of the molecule is CCCC[N+](C)(C)CCOC(=O)CC. The van der Waals surface area contributed by atoms with E-state index in [0.717, 1.165) is 17.6 Å². The highest BCUT2D eigenvalue weighted by atomic mass is 16.5. The van der Waals surface area contributed by atoms with Gasteiger partial charge in [0.25, 0.3) is 0 Å². The summed E-state index contributed by atoms with van der Waals surface area (Å²) < 4.78 is 5.99. The minimum absolute atomic E-state index is 0.0968. The number of hydrogen-bond acceptors (Lipinski definition) is 2. The Bertz CT molecular complexity index is 167. The zero-order valence-electron chi connectivity index (χ0n) is 10.0. The van der Waals surface area contributed by atoms with Gasteiger partial charge >= 0.3 is 5.97 Å². The molecule has 0 rings (SSSR count). The first-order valence-electron chi connectivity index (χ1n) is 5.49. The highest BCUT2D eigenvalue weighted by molar-refractivity contribution is 5.68. The molecule has 0 aliphatic rings. The molecule has 0 heterocycles. The van der Waals surface area contributed by atoms with Crippen LogP contribution in [0.2, 0.25) is 0 Å². The highest BCUT2D eigenvalue weighted by Crippen LogP contribution is 2.01. The van der Waals surface area contributed by atoms with E-state index in [1.807, 2.05) is 6.92 Å². The normalized spacial score (nSPS) is 11.4. The Morgan fingerprint density at radius 2 is 1.86 bits per heavy atom. The standard InChI is InChI=1S/C11H24NO2/c1-5-7-8-12(3,4)9-10-14-11(13)6-2/h5-10H2,1-4H3/q+1. The van der Waals surface area contributed by atoms with Gasteiger partial charge in [0.2, 0.25) is 0 Å². The average Bonchev–Trinajstić information content (AvgIpc) is 2.14. The lowest BCUT2D eigenvalue weighted by atomic mass is 10.3. The number of esters is 1. The molecule has 0 atom stereocenters. The fraction of sp³-hybridized carbons (Fsp3) is 0.909. The first kappa shape index (κ1) is 13.4. The fourth-order valence-electron chi connectivity index (χ4n) is 1.21. The zero-order chi connectivity index (χ0) is 11.0. The van der Waals surface area contributed by atoms with Gasteiger partial charge in [0.1, 0.15) is 13.2 Å². The van der Waals surface area contributed by atoms with Crippen LogP contribution in [0, 0.1) is 0 Å². The number of likely N-dealkylation sites (N-methyl/N-ethyl adjacent to an activating group) is 1. The maximum absolute atomic E-state index is 10.9. The minimum Gasteiger partial charge on any atom is -0.460 e. The third kappa shape index (κ3) is 6.89. The van der Waals surface area contributed by atoms with E-state index in [2.05, 4.69) is 21.0 Å². The molecule has 14 heavy (non-hydrogen) atoms. The molecular formula is C11H24NO2+. The van der Waals surface area contributed by atoms with E-state index in [0.29, 0.717) is 13.0 Å². The molecular weight excluding hydrogens is 178 g/mol. The van der Waals surface area contributed by atoms with Crippen molar-refractivity contribution in [2.75, 3.05) is 33.8 Å². The predicted octanol–water partition coefficient (Wildman–Crippen LogP) is 1.82. The molecule has 3 heteroatoms. The summed E-state index contributed by atoms with van der Waals surface area (Å²) in [6.45, 7) is 6.62. The van der Waals surface area contributed by atoms with Crippen molar-refractivity contribution in [3.05, 3.63) is 0 Å². The Morgan fingerprint density at radius 1 is 1.21 bits per heavy atom. The van der Waals surface area contributed by atoms with Gasteiger partial charge in [-0.2, -0.15) is 0 Å². The van der Waals surface area contributed by atoms with Crippen molar-refractivity contribution in [1.29, 1.82) is 0 Å². The van der Waals surface area contributed by atoms with Gasteiger partial charge in [-0.05, 0) is 6.42 Å². The van der Waals surface area contributed by atoms with Crippen molar-refractivity contribution >= 4 is 5.97 Å². The van der Waals surface area contributed by atoms with Gasteiger partial charge in [0.15, 0.2) is 0 Å². The highest BCUT2D eigenvalue weighted by Gasteiger charge is 2.14. The van der Waals surface area contributed by atoms with E-state index in [1.54, 1.807) is 0 Å². The summed E-state index contributed by atoms with van der Waals surface area (Å²) in [6, 6.07) is 0. The number of quaternary nitrogens is 1. The van der Waals surface area contributed by atoms with Crippen molar-refractivity contribution in [3.8, 4) is 0 Å². The lowest BCUT2D eigenvalue weighted by Crippen LogP contribution is -2.43. The third-order valence-corrected chi connectivity index (χ3v) is 2.37. The van der Waals surface area contributed by atoms with E-state index < -0.39 is 0 Å². The second-order valence-corrected chi connectivity index (χ2v) is 4.31. The average molecular weight is 202 g/mol. The van der Waals surface area contributed by atoms with E-state index >= 15 is 0 Å². The van der Waals surface area contributed by atoms with E-state index in [-0.39, 0.29) is 5.97 Å². The van der Waals surface area contributed by atoms with Gasteiger partial charge < -0.3 is 9.22 Å². The molecule has 0 aliphatic heterocycles. The van der Waals surface area contributed by atoms with Gasteiger partial charge in [-0.3, -0.25) is 4.79 Å². The quantitative estimate of drug-likeness (QED) is 0.465. The van der Waals surface area contributed by atoms with Crippen LogP contribution in [0.3, 0.4) is 0 Å². The van der Waals surface area contributed by atoms with Crippen molar-refractivity contribution < 1.29 is 14.0 Å². The molecule has 0 spiro atoms. The molecule has 0 saturated heterocycles. The molecule has 0 bridgehead atoms. The summed E-state index contributed by atoms with van der Waals surface area (Å²) >= 11 is 0. The van der Waals surface area contributed by atoms with Crippen molar-refractivity contribution in [2.45, 2.75) is 33.1 Å². The lowest BCUT2D eigenvalue weighted by Gasteiger charge is -2.29. The second-order valence-electron chi connectivity index (χ2n) is 4.31. The van der Waals surface area contributed by atoms with Crippen LogP contribution in [0.5, 0.6) is 0 Å². The molecule has 0 saturated carbocycles. The molecule has 84 valence electrons. The molecule has 0 aromatic heterocycles. The summed E-state index contributed by atoms with van der Waals surface area (Å²) in [5.74, 6) is -0.0968. The summed E-state index contributed by atoms with van der Waals surface area (Å²) in [6.07, 6.45) is 2.92. The Labute approximate surface area is 87.6 Å². The molecule has 0 aromatic rings. The van der Waals surface area contributed by atoms with E-state index in [1.165, 1.54) is 12.8 Å². The van der Waals surface area contributed by atoms with E-state index in [9.17, 15) is 4.79 Å². The Balaban J connectivity index is 3.59. The Hall–Kier alpha value is -0.570. The summed E-state index contributed by atoms with van der Waals surface area (Å²) in [7, 11) is 4.35. The number of unbranched alkanes of at least 4 members (excludes halogenated alkanes) is 1. The Kier molecular flexibility index (Phi) is 6.54. The molecule has 0 radical (unpaired) electrons. The van der Waals surface area contributed by atoms with Gasteiger partial charge in [-0.25, -0.2) is 0 Å². The third-order valence-electron chi connectivity index (χ3n) is 2.37. The van der Waals surface area contributed by atoms with Crippen LogP contribution in [0.25, 0.3) is 0 Å². The fourth-order valence-corrected chi connectivity index (χ4v) is 1.21. The molecule has 0 amide bonds. The predicted molar refractivity (Wildman–Crippen MR) is 58.0 cm³/mol. The van der Waals surface area contributed by atoms with Crippen LogP contribution in [0.4, 0.5) is 0 Å². The number of rotatable bonds is 7. The van der Waals surface area contributed by atoms with Crippen LogP contribution in [-0.2, 0) is 9.53 Å². The van der Waals surface area contributed by atoms with Crippen molar-refractivity contribution in [2.24, 2.45) is 0 Å². The molecule has 0 aliphatic carbocycles. The van der Waals surface area contributed by atoms with E-state index in [4.69, 9.17) is 4.74 Å². The van der Waals surface area contributed by atoms with Crippen LogP contribution in [0.1, 0.15) is 33.1 Å². The molecule has 0 fully saturated rings. The smallest absolute Gasteiger partial charge is 0.305 e. The second kappa shape index (κ2) is 6.82. The molecule has 0 N–H and O–H groups in total. The van der Waals surface area contributed by atoms with Gasteiger partial charge in [-0.15, -0.1) is 0 Å². The van der Waals surface area contributed by atoms with Gasteiger partial charge in [0, 0.05) is 6.42 Å². The maximum atomic E-state index is 10.9. The van der Waals surface area contributed by atoms with Crippen LogP contribution < -0.4 is 0 Å². The molecule has 0 unspecified atom stereocenters. The minimum atomic E-state index is -0.0968. The Morgan fingerprint density at radius 3 is 2.36 bits per heavy atom. The maximum Gasteiger partial charge on any atom is 0.305 e. The van der Waals surface area contributed by atoms with Gasteiger partial charge in [0.05, 0.1) is 20.6 Å². The number of hydrogen-bond donors (Lipinski definition) is 0. The topological polar surface area (TPSA) is 26.3 Å². The van der Waals surface area contributed by atoms with Crippen molar-refractivity contribution in [3.63, 3.8) is 0 Å². The monoisotopic (exact) mass is 202 g/mol. The van der Waals surface area contributed by atoms with Crippen LogP contribution in [-0.4, -0.2) is 44.2 Å². The molecule has 0 aromatic carbocycles. The number of carbonyl (C=O) groups excluding carboxylic acids is 1. The number of carbonyl (C=O) groups is 1. The van der Waals surface area contributed by atoms with Gasteiger partial charge in [-0.1, -0.05) is 20.3 Å². The number of nitrogens with zero attached hydrogens (tertiary/aromatic N) is 1. The number of ether oxygens (including phenoxy) is 1. The summed E-state index contributed by atoms with van der Waals surface area (Å²) in [5, 5.41) is 0.